The van der Waals surface area contributed by atoms with Crippen molar-refractivity contribution in [2.75, 3.05) is 6.54 Å². The van der Waals surface area contributed by atoms with Gasteiger partial charge < -0.3 is 9.88 Å². The minimum atomic E-state index is -0.258. The van der Waals surface area contributed by atoms with Crippen LogP contribution in [0.4, 0.5) is 0 Å². The van der Waals surface area contributed by atoms with Gasteiger partial charge in [0.25, 0.3) is 5.91 Å². The van der Waals surface area contributed by atoms with Gasteiger partial charge in [0, 0.05) is 28.8 Å². The molecular weight excluding hydrogens is 462 g/mol. The molecule has 1 aromatic heterocycles. The van der Waals surface area contributed by atoms with Gasteiger partial charge >= 0.3 is 0 Å². The molecule has 158 valence electrons. The maximum absolute atomic E-state index is 13.1. The fourth-order valence-electron chi connectivity index (χ4n) is 3.91. The van der Waals surface area contributed by atoms with Gasteiger partial charge in [-0.1, -0.05) is 82.7 Å². The highest BCUT2D eigenvalue weighted by atomic mass is 79.9. The summed E-state index contributed by atoms with van der Waals surface area (Å²) in [6.45, 7) is 0.488. The lowest BCUT2D eigenvalue weighted by molar-refractivity contribution is 0.0946. The van der Waals surface area contributed by atoms with Gasteiger partial charge in [0.1, 0.15) is 11.8 Å². The Bertz CT molecular complexity index is 1200. The van der Waals surface area contributed by atoms with E-state index in [-0.39, 0.29) is 11.8 Å². The molecule has 3 aromatic carbocycles. The number of carbonyl (C=O) groups excluding carboxylic acids is 1. The molecule has 32 heavy (non-hydrogen) atoms. The first-order valence-corrected chi connectivity index (χ1v) is 11.2. The van der Waals surface area contributed by atoms with Gasteiger partial charge in [-0.2, -0.15) is 5.26 Å². The van der Waals surface area contributed by atoms with Crippen molar-refractivity contribution in [3.05, 3.63) is 124 Å². The maximum atomic E-state index is 13.1. The Morgan fingerprint density at radius 1 is 0.938 bits per heavy atom. The highest BCUT2D eigenvalue weighted by Gasteiger charge is 2.19. The van der Waals surface area contributed by atoms with E-state index >= 15 is 0 Å². The van der Waals surface area contributed by atoms with Gasteiger partial charge in [-0.15, -0.1) is 0 Å². The summed E-state index contributed by atoms with van der Waals surface area (Å²) in [7, 11) is 0. The Labute approximate surface area is 196 Å². The van der Waals surface area contributed by atoms with E-state index < -0.39 is 0 Å². The zero-order chi connectivity index (χ0) is 22.3. The first-order chi connectivity index (χ1) is 15.7. The highest BCUT2D eigenvalue weighted by molar-refractivity contribution is 9.10. The van der Waals surface area contributed by atoms with Crippen molar-refractivity contribution in [2.24, 2.45) is 0 Å². The van der Waals surface area contributed by atoms with E-state index in [1.165, 1.54) is 11.1 Å². The maximum Gasteiger partial charge on any atom is 0.269 e. The predicted octanol–water partition coefficient (Wildman–Crippen LogP) is 6.06. The van der Waals surface area contributed by atoms with Gasteiger partial charge in [-0.25, -0.2) is 0 Å². The number of rotatable bonds is 7. The van der Waals surface area contributed by atoms with Crippen LogP contribution in [0.5, 0.6) is 0 Å². The predicted molar refractivity (Wildman–Crippen MR) is 130 cm³/mol. The normalized spacial score (nSPS) is 10.7. The molecule has 1 amide bonds. The number of benzene rings is 3. The van der Waals surface area contributed by atoms with Crippen LogP contribution in [0.3, 0.4) is 0 Å². The molecule has 1 heterocycles. The minimum absolute atomic E-state index is 0.171. The van der Waals surface area contributed by atoms with Crippen molar-refractivity contribution < 1.29 is 4.79 Å². The van der Waals surface area contributed by atoms with Crippen LogP contribution >= 0.6 is 15.9 Å². The Kier molecular flexibility index (Phi) is 6.84. The zero-order valence-electron chi connectivity index (χ0n) is 17.4. The second-order valence-corrected chi connectivity index (χ2v) is 8.37. The smallest absolute Gasteiger partial charge is 0.269 e. The molecule has 0 fully saturated rings. The van der Waals surface area contributed by atoms with Crippen LogP contribution in [0.15, 0.2) is 102 Å². The van der Waals surface area contributed by atoms with Crippen LogP contribution in [0.25, 0.3) is 5.69 Å². The third-order valence-electron chi connectivity index (χ3n) is 5.43. The lowest BCUT2D eigenvalue weighted by Gasteiger charge is -2.19. The van der Waals surface area contributed by atoms with Gasteiger partial charge in [0.15, 0.2) is 0 Å². The van der Waals surface area contributed by atoms with E-state index in [0.29, 0.717) is 17.8 Å². The van der Waals surface area contributed by atoms with E-state index in [9.17, 15) is 10.1 Å². The molecule has 4 aromatic rings. The average Bonchev–Trinajstić information content (AvgIpc) is 3.27. The van der Waals surface area contributed by atoms with E-state index in [1.807, 2.05) is 60.7 Å². The molecule has 0 radical (unpaired) electrons. The minimum Gasteiger partial charge on any atom is -0.351 e. The fraction of sp³-hybridized carbons (Fsp3) is 0.111. The third kappa shape index (κ3) is 4.82. The molecule has 0 saturated carbocycles. The second kappa shape index (κ2) is 10.1. The first-order valence-electron chi connectivity index (χ1n) is 10.4. The van der Waals surface area contributed by atoms with Crippen molar-refractivity contribution in [1.82, 2.24) is 9.88 Å². The second-order valence-electron chi connectivity index (χ2n) is 7.46. The van der Waals surface area contributed by atoms with Gasteiger partial charge in [-0.3, -0.25) is 4.79 Å². The van der Waals surface area contributed by atoms with Gasteiger partial charge in [-0.05, 0) is 41.8 Å². The van der Waals surface area contributed by atoms with Gasteiger partial charge in [0.05, 0.1) is 5.56 Å². The molecule has 0 aliphatic rings. The molecule has 0 saturated heterocycles. The summed E-state index contributed by atoms with van der Waals surface area (Å²) in [6.07, 6.45) is 2.51. The molecule has 0 atom stereocenters. The number of nitriles is 1. The fourth-order valence-corrected chi connectivity index (χ4v) is 4.29. The Balaban J connectivity index is 1.54. The zero-order valence-corrected chi connectivity index (χ0v) is 19.0. The molecule has 1 N–H and O–H groups in total. The molecule has 0 aliphatic heterocycles. The number of nitrogens with zero attached hydrogens (tertiary/aromatic N) is 2. The molecule has 4 nitrogen and oxygen atoms in total. The monoisotopic (exact) mass is 483 g/mol. The third-order valence-corrected chi connectivity index (χ3v) is 5.92. The number of aromatic nitrogens is 1. The molecule has 0 aliphatic carbocycles. The number of hydrogen-bond donors (Lipinski definition) is 1. The molecule has 4 rings (SSSR count). The number of carbonyl (C=O) groups is 1. The quantitative estimate of drug-likeness (QED) is 0.347. The van der Waals surface area contributed by atoms with Gasteiger partial charge in [0.2, 0.25) is 0 Å². The molecular formula is C27H22BrN3O. The number of amides is 1. The Morgan fingerprint density at radius 3 is 2.19 bits per heavy atom. The van der Waals surface area contributed by atoms with Crippen molar-refractivity contribution in [1.29, 1.82) is 5.26 Å². The number of hydrogen-bond acceptors (Lipinski definition) is 2. The Morgan fingerprint density at radius 2 is 1.59 bits per heavy atom. The summed E-state index contributed by atoms with van der Waals surface area (Å²) < 4.78 is 2.66. The van der Waals surface area contributed by atoms with E-state index in [0.717, 1.165) is 16.6 Å². The molecule has 0 bridgehead atoms. The standard InChI is InChI=1S/C27H22BrN3O/c28-23-12-7-13-24(18-23)31-17-15-22(19-29)26(31)27(32)30-16-14-25(20-8-3-1-4-9-20)21-10-5-2-6-11-21/h1-13,15,17-18,25H,14,16H2,(H,30,32). The van der Waals surface area contributed by atoms with Crippen molar-refractivity contribution in [3.8, 4) is 11.8 Å². The average molecular weight is 484 g/mol. The van der Waals surface area contributed by atoms with Crippen LogP contribution in [-0.4, -0.2) is 17.0 Å². The van der Waals surface area contributed by atoms with Crippen molar-refractivity contribution in [2.45, 2.75) is 12.3 Å². The topological polar surface area (TPSA) is 57.8 Å². The Hall–Kier alpha value is -3.62. The summed E-state index contributed by atoms with van der Waals surface area (Å²) in [6, 6.07) is 32.1. The van der Waals surface area contributed by atoms with Crippen LogP contribution in [0.1, 0.15) is 39.5 Å². The van der Waals surface area contributed by atoms with Crippen LogP contribution in [0.2, 0.25) is 0 Å². The van der Waals surface area contributed by atoms with Crippen molar-refractivity contribution in [3.63, 3.8) is 0 Å². The number of nitrogens with one attached hydrogen (secondary N) is 1. The summed E-state index contributed by atoms with van der Waals surface area (Å²) in [5.41, 5.74) is 3.94. The lowest BCUT2D eigenvalue weighted by atomic mass is 9.88. The lowest BCUT2D eigenvalue weighted by Crippen LogP contribution is -2.28. The SMILES string of the molecule is N#Cc1ccn(-c2cccc(Br)c2)c1C(=O)NCCC(c1ccccc1)c1ccccc1. The summed E-state index contributed by atoms with van der Waals surface area (Å²) in [5, 5.41) is 12.6. The van der Waals surface area contributed by atoms with Crippen LogP contribution in [0, 0.1) is 11.3 Å². The summed E-state index contributed by atoms with van der Waals surface area (Å²) in [4.78, 5) is 13.1. The molecule has 5 heteroatoms. The largest absolute Gasteiger partial charge is 0.351 e. The van der Waals surface area contributed by atoms with Crippen LogP contribution in [-0.2, 0) is 0 Å². The highest BCUT2D eigenvalue weighted by Crippen LogP contribution is 2.27. The molecule has 0 spiro atoms. The number of halogens is 1. The van der Waals surface area contributed by atoms with Crippen molar-refractivity contribution >= 4 is 21.8 Å². The summed E-state index contributed by atoms with van der Waals surface area (Å²) in [5.74, 6) is -0.0867. The van der Waals surface area contributed by atoms with Crippen LogP contribution < -0.4 is 5.32 Å². The van der Waals surface area contributed by atoms with E-state index in [1.54, 1.807) is 16.8 Å². The first kappa shape index (κ1) is 21.6. The summed E-state index contributed by atoms with van der Waals surface area (Å²) >= 11 is 3.47. The van der Waals surface area contributed by atoms with E-state index in [2.05, 4.69) is 51.6 Å². The molecule has 0 unspecified atom stereocenters. The van der Waals surface area contributed by atoms with E-state index in [4.69, 9.17) is 0 Å².